The van der Waals surface area contributed by atoms with Crippen molar-refractivity contribution in [1.29, 1.82) is 0 Å². The van der Waals surface area contributed by atoms with Gasteiger partial charge in [-0.3, -0.25) is 4.79 Å². The van der Waals surface area contributed by atoms with Gasteiger partial charge in [0.2, 0.25) is 0 Å². The molecule has 1 aliphatic carbocycles. The molecule has 0 atom stereocenters. The number of primary amides is 1. The highest BCUT2D eigenvalue weighted by Gasteiger charge is 2.22. The third kappa shape index (κ3) is 7.31. The maximum atomic E-state index is 10.9. The molecule has 4 N–H and O–H groups in total. The van der Waals surface area contributed by atoms with Crippen molar-refractivity contribution in [2.24, 2.45) is 16.6 Å². The van der Waals surface area contributed by atoms with E-state index in [1.807, 2.05) is 43.3 Å². The normalized spacial score (nSPS) is 13.6. The summed E-state index contributed by atoms with van der Waals surface area (Å²) in [5.41, 5.74) is 7.20. The van der Waals surface area contributed by atoms with Crippen LogP contribution in [0.4, 0.5) is 0 Å². The smallest absolute Gasteiger partial charge is 0.255 e. The molecule has 0 spiro atoms. The Balaban J connectivity index is 1.58. The molecule has 0 aromatic heterocycles. The van der Waals surface area contributed by atoms with Crippen molar-refractivity contribution in [1.82, 2.24) is 10.6 Å². The molecule has 0 radical (unpaired) electrons. The molecular weight excluding hydrogens is 380 g/mol. The van der Waals surface area contributed by atoms with Crippen molar-refractivity contribution in [3.8, 4) is 11.5 Å². The molecule has 0 bridgehead atoms. The number of benzene rings is 2. The molecule has 30 heavy (non-hydrogen) atoms. The minimum absolute atomic E-state index is 0.140. The standard InChI is InChI=1S/C23H30N4O3/c1-2-25-23(26-13-18-6-5-8-20(12-18)29-16-22(24)28)27-14-19-7-3-4-9-21(19)30-15-17-10-11-17/h3-9,12,17H,2,10-11,13-16H2,1H3,(H2,24,28)(H2,25,26,27). The minimum Gasteiger partial charge on any atom is -0.493 e. The van der Waals surface area contributed by atoms with Crippen molar-refractivity contribution < 1.29 is 14.3 Å². The van der Waals surface area contributed by atoms with Crippen LogP contribution >= 0.6 is 0 Å². The fourth-order valence-electron chi connectivity index (χ4n) is 2.86. The molecule has 1 aliphatic rings. The van der Waals surface area contributed by atoms with Gasteiger partial charge in [-0.25, -0.2) is 4.99 Å². The van der Waals surface area contributed by atoms with E-state index in [9.17, 15) is 4.79 Å². The van der Waals surface area contributed by atoms with Gasteiger partial charge < -0.3 is 25.8 Å². The molecule has 7 nitrogen and oxygen atoms in total. The number of hydrogen-bond acceptors (Lipinski definition) is 4. The molecule has 2 aromatic carbocycles. The highest BCUT2D eigenvalue weighted by molar-refractivity contribution is 5.79. The Bertz CT molecular complexity index is 865. The summed E-state index contributed by atoms with van der Waals surface area (Å²) in [6.07, 6.45) is 2.54. The van der Waals surface area contributed by atoms with Crippen molar-refractivity contribution in [2.45, 2.75) is 32.9 Å². The van der Waals surface area contributed by atoms with Crippen LogP contribution in [0, 0.1) is 5.92 Å². The Morgan fingerprint density at radius 3 is 2.73 bits per heavy atom. The third-order valence-electron chi connectivity index (χ3n) is 4.63. The first-order chi connectivity index (χ1) is 14.6. The second kappa shape index (κ2) is 11.1. The lowest BCUT2D eigenvalue weighted by Crippen LogP contribution is -2.36. The van der Waals surface area contributed by atoms with Crippen LogP contribution in [0.2, 0.25) is 0 Å². The van der Waals surface area contributed by atoms with Crippen LogP contribution < -0.4 is 25.8 Å². The first-order valence-electron chi connectivity index (χ1n) is 10.4. The Kier molecular flexibility index (Phi) is 7.94. The Hall–Kier alpha value is -3.22. The van der Waals surface area contributed by atoms with Crippen molar-refractivity contribution in [2.75, 3.05) is 19.8 Å². The summed E-state index contributed by atoms with van der Waals surface area (Å²) in [5, 5.41) is 6.64. The predicted octanol–water partition coefficient (Wildman–Crippen LogP) is 2.59. The zero-order chi connectivity index (χ0) is 21.2. The summed E-state index contributed by atoms with van der Waals surface area (Å²) in [4.78, 5) is 15.5. The number of carbonyl (C=O) groups is 1. The van der Waals surface area contributed by atoms with Gasteiger partial charge in [-0.05, 0) is 49.4 Å². The summed E-state index contributed by atoms with van der Waals surface area (Å²) in [6, 6.07) is 15.6. The van der Waals surface area contributed by atoms with E-state index >= 15 is 0 Å². The average Bonchev–Trinajstić information content (AvgIpc) is 3.58. The summed E-state index contributed by atoms with van der Waals surface area (Å²) in [6.45, 7) is 4.53. The van der Waals surface area contributed by atoms with Crippen LogP contribution in [0.3, 0.4) is 0 Å². The van der Waals surface area contributed by atoms with E-state index in [-0.39, 0.29) is 6.61 Å². The van der Waals surface area contributed by atoms with E-state index in [0.717, 1.165) is 36.0 Å². The van der Waals surface area contributed by atoms with E-state index in [4.69, 9.17) is 15.2 Å². The average molecular weight is 411 g/mol. The highest BCUT2D eigenvalue weighted by atomic mass is 16.5. The van der Waals surface area contributed by atoms with E-state index < -0.39 is 5.91 Å². The van der Waals surface area contributed by atoms with E-state index in [1.165, 1.54) is 12.8 Å². The maximum Gasteiger partial charge on any atom is 0.255 e. The van der Waals surface area contributed by atoms with E-state index in [2.05, 4.69) is 21.7 Å². The number of ether oxygens (including phenoxy) is 2. The van der Waals surface area contributed by atoms with E-state index in [0.29, 0.717) is 24.8 Å². The lowest BCUT2D eigenvalue weighted by Gasteiger charge is -2.14. The molecule has 0 aliphatic heterocycles. The van der Waals surface area contributed by atoms with Gasteiger partial charge in [0.25, 0.3) is 5.91 Å². The number of para-hydroxylation sites is 1. The summed E-state index contributed by atoms with van der Waals surface area (Å²) in [5.74, 6) is 2.46. The number of rotatable bonds is 11. The van der Waals surface area contributed by atoms with Gasteiger partial charge in [-0.15, -0.1) is 0 Å². The summed E-state index contributed by atoms with van der Waals surface area (Å²) < 4.78 is 11.3. The molecule has 3 rings (SSSR count). The minimum atomic E-state index is -0.501. The maximum absolute atomic E-state index is 10.9. The molecule has 0 saturated heterocycles. The predicted molar refractivity (Wildman–Crippen MR) is 117 cm³/mol. The van der Waals surface area contributed by atoms with Crippen LogP contribution in [0.25, 0.3) is 0 Å². The van der Waals surface area contributed by atoms with Gasteiger partial charge in [0, 0.05) is 18.7 Å². The van der Waals surface area contributed by atoms with Gasteiger partial charge in [0.1, 0.15) is 11.5 Å². The number of aliphatic imine (C=N–C) groups is 1. The Morgan fingerprint density at radius 2 is 1.97 bits per heavy atom. The topological polar surface area (TPSA) is 98.0 Å². The van der Waals surface area contributed by atoms with Gasteiger partial charge in [0.15, 0.2) is 12.6 Å². The largest absolute Gasteiger partial charge is 0.493 e. The Labute approximate surface area is 177 Å². The number of nitrogens with one attached hydrogen (secondary N) is 2. The molecule has 0 heterocycles. The molecule has 160 valence electrons. The van der Waals surface area contributed by atoms with Gasteiger partial charge in [0.05, 0.1) is 13.2 Å². The monoisotopic (exact) mass is 410 g/mol. The first-order valence-corrected chi connectivity index (χ1v) is 10.4. The van der Waals surface area contributed by atoms with Crippen LogP contribution in [-0.4, -0.2) is 31.6 Å². The highest BCUT2D eigenvalue weighted by Crippen LogP contribution is 2.30. The number of hydrogen-bond donors (Lipinski definition) is 3. The first kappa shape index (κ1) is 21.5. The van der Waals surface area contributed by atoms with Crippen LogP contribution in [-0.2, 0) is 17.9 Å². The Morgan fingerprint density at radius 1 is 1.13 bits per heavy atom. The summed E-state index contributed by atoms with van der Waals surface area (Å²) >= 11 is 0. The molecule has 7 heteroatoms. The van der Waals surface area contributed by atoms with Gasteiger partial charge in [-0.2, -0.15) is 0 Å². The quantitative estimate of drug-likeness (QED) is 0.391. The zero-order valence-electron chi connectivity index (χ0n) is 17.4. The molecule has 1 fully saturated rings. The van der Waals surface area contributed by atoms with E-state index in [1.54, 1.807) is 6.07 Å². The van der Waals surface area contributed by atoms with Crippen LogP contribution in [0.15, 0.2) is 53.5 Å². The zero-order valence-corrected chi connectivity index (χ0v) is 17.4. The molecule has 0 unspecified atom stereocenters. The molecule has 1 amide bonds. The lowest BCUT2D eigenvalue weighted by molar-refractivity contribution is -0.119. The molecule has 1 saturated carbocycles. The fourth-order valence-corrected chi connectivity index (χ4v) is 2.86. The van der Waals surface area contributed by atoms with Crippen LogP contribution in [0.5, 0.6) is 11.5 Å². The number of carbonyl (C=O) groups excluding carboxylic acids is 1. The SMILES string of the molecule is CCNC(=NCc1cccc(OCC(N)=O)c1)NCc1ccccc1OCC1CC1. The second-order valence-corrected chi connectivity index (χ2v) is 7.31. The van der Waals surface area contributed by atoms with Crippen molar-refractivity contribution in [3.63, 3.8) is 0 Å². The van der Waals surface area contributed by atoms with Crippen molar-refractivity contribution >= 4 is 11.9 Å². The molecular formula is C23H30N4O3. The van der Waals surface area contributed by atoms with Crippen molar-refractivity contribution in [3.05, 3.63) is 59.7 Å². The lowest BCUT2D eigenvalue weighted by atomic mass is 10.2. The number of amides is 1. The second-order valence-electron chi connectivity index (χ2n) is 7.31. The molecule has 2 aromatic rings. The third-order valence-corrected chi connectivity index (χ3v) is 4.63. The summed E-state index contributed by atoms with van der Waals surface area (Å²) in [7, 11) is 0. The number of nitrogens with two attached hydrogens (primary N) is 1. The van der Waals surface area contributed by atoms with Crippen LogP contribution in [0.1, 0.15) is 30.9 Å². The number of guanidine groups is 1. The number of nitrogens with zero attached hydrogens (tertiary/aromatic N) is 1. The fraction of sp³-hybridized carbons (Fsp3) is 0.391. The van der Waals surface area contributed by atoms with Gasteiger partial charge >= 0.3 is 0 Å². The van der Waals surface area contributed by atoms with Gasteiger partial charge in [-0.1, -0.05) is 30.3 Å².